The first-order chi connectivity index (χ1) is 12.8. The summed E-state index contributed by atoms with van der Waals surface area (Å²) in [4.78, 5) is 0. The van der Waals surface area contributed by atoms with Crippen molar-refractivity contribution >= 4 is 22.6 Å². The normalized spacial score (nSPS) is 12.1. The molecule has 0 nitrogen and oxygen atoms in total. The van der Waals surface area contributed by atoms with Gasteiger partial charge in [0.25, 0.3) is 0 Å². The molecule has 4 rings (SSSR count). The van der Waals surface area contributed by atoms with Crippen molar-refractivity contribution in [1.82, 2.24) is 0 Å². The quantitative estimate of drug-likeness (QED) is 0.208. The van der Waals surface area contributed by atoms with Gasteiger partial charge in [-0.15, -0.1) is 0 Å². The average Bonchev–Trinajstić information content (AvgIpc) is 3.04. The number of fused-ring (bicyclic) bond motifs is 3. The Morgan fingerprint density at radius 1 is 0.808 bits per heavy atom. The van der Waals surface area contributed by atoms with Gasteiger partial charge in [-0.25, -0.2) is 0 Å². The Bertz CT molecular complexity index is 906. The maximum atomic E-state index is 2.39. The van der Waals surface area contributed by atoms with Crippen molar-refractivity contribution in [3.63, 3.8) is 0 Å². The van der Waals surface area contributed by atoms with Crippen molar-refractivity contribution in [2.75, 3.05) is 0 Å². The Kier molecular flexibility index (Phi) is 5.44. The molecule has 0 amide bonds. The number of aryl methyl sites for hydroxylation is 1. The second-order valence-corrected chi connectivity index (χ2v) is 8.52. The minimum absolute atomic E-state index is 1.07. The number of hydrogen-bond acceptors (Lipinski definition) is 0. The van der Waals surface area contributed by atoms with Crippen LogP contribution in [-0.4, -0.2) is 0 Å². The largest absolute Gasteiger partial charge is 0.0654 e. The molecule has 0 atom stereocenters. The Balaban J connectivity index is 1.78. The van der Waals surface area contributed by atoms with Crippen LogP contribution in [0.4, 0.5) is 0 Å². The third-order valence-corrected chi connectivity index (χ3v) is 6.23. The van der Waals surface area contributed by atoms with Gasteiger partial charge in [-0.2, -0.15) is 0 Å². The van der Waals surface area contributed by atoms with E-state index < -0.39 is 0 Å². The summed E-state index contributed by atoms with van der Waals surface area (Å²) in [5, 5.41) is 0. The van der Waals surface area contributed by atoms with Gasteiger partial charge in [0.2, 0.25) is 0 Å². The molecule has 3 aromatic carbocycles. The molecule has 0 heterocycles. The van der Waals surface area contributed by atoms with Crippen molar-refractivity contribution in [2.24, 2.45) is 0 Å². The lowest BCUT2D eigenvalue weighted by atomic mass is 9.89. The van der Waals surface area contributed by atoms with E-state index in [4.69, 9.17) is 0 Å². The topological polar surface area (TPSA) is 0 Å². The van der Waals surface area contributed by atoms with Crippen LogP contribution < -0.4 is 0 Å². The summed E-state index contributed by atoms with van der Waals surface area (Å²) in [6.07, 6.45) is 7.51. The van der Waals surface area contributed by atoms with Crippen LogP contribution in [0.1, 0.15) is 49.3 Å². The maximum Gasteiger partial charge on any atom is 0.0130 e. The predicted octanol–water partition coefficient (Wildman–Crippen LogP) is 7.65. The number of halogens is 1. The fraction of sp³-hybridized carbons (Fsp3) is 0.280. The molecule has 1 heteroatoms. The number of unbranched alkanes of at least 4 members (excludes halogenated alkanes) is 3. The fourth-order valence-electron chi connectivity index (χ4n) is 4.19. The van der Waals surface area contributed by atoms with E-state index in [1.807, 2.05) is 0 Å². The predicted molar refractivity (Wildman–Crippen MR) is 121 cm³/mol. The summed E-state index contributed by atoms with van der Waals surface area (Å²) in [7, 11) is 0. The van der Waals surface area contributed by atoms with E-state index in [0.29, 0.717) is 0 Å². The van der Waals surface area contributed by atoms with Crippen molar-refractivity contribution in [3.8, 4) is 22.3 Å². The highest BCUT2D eigenvalue weighted by Gasteiger charge is 2.23. The molecule has 0 aliphatic heterocycles. The van der Waals surface area contributed by atoms with Gasteiger partial charge >= 0.3 is 0 Å². The van der Waals surface area contributed by atoms with Crippen LogP contribution in [0.25, 0.3) is 22.3 Å². The van der Waals surface area contributed by atoms with Gasteiger partial charge in [0.15, 0.2) is 0 Å². The average molecular weight is 452 g/mol. The van der Waals surface area contributed by atoms with Crippen LogP contribution in [0.5, 0.6) is 0 Å². The van der Waals surface area contributed by atoms with Crippen LogP contribution in [0.2, 0.25) is 0 Å². The Morgan fingerprint density at radius 3 is 2.42 bits per heavy atom. The molecule has 1 aliphatic carbocycles. The SMILES string of the molecule is CCCCCCc1ccc2c(c1-c1ccc(I)cc1)Cc1ccccc1-2. The monoisotopic (exact) mass is 452 g/mol. The smallest absolute Gasteiger partial charge is 0.0130 e. The molecule has 0 radical (unpaired) electrons. The lowest BCUT2D eigenvalue weighted by molar-refractivity contribution is 0.667. The first kappa shape index (κ1) is 17.8. The number of benzene rings is 3. The highest BCUT2D eigenvalue weighted by atomic mass is 127. The zero-order valence-electron chi connectivity index (χ0n) is 15.4. The zero-order valence-corrected chi connectivity index (χ0v) is 17.6. The third kappa shape index (κ3) is 3.46. The molecule has 0 N–H and O–H groups in total. The summed E-state index contributed by atoms with van der Waals surface area (Å²) in [6.45, 7) is 2.28. The van der Waals surface area contributed by atoms with E-state index >= 15 is 0 Å². The zero-order chi connectivity index (χ0) is 17.9. The first-order valence-electron chi connectivity index (χ1n) is 9.77. The van der Waals surface area contributed by atoms with Crippen LogP contribution in [0.15, 0.2) is 60.7 Å². The molecule has 132 valence electrons. The second kappa shape index (κ2) is 7.96. The van der Waals surface area contributed by atoms with E-state index in [2.05, 4.69) is 90.2 Å². The minimum Gasteiger partial charge on any atom is -0.0654 e. The molecule has 0 spiro atoms. The van der Waals surface area contributed by atoms with Gasteiger partial charge in [0.05, 0.1) is 0 Å². The molecule has 3 aromatic rings. The van der Waals surface area contributed by atoms with Crippen molar-refractivity contribution in [1.29, 1.82) is 0 Å². The van der Waals surface area contributed by atoms with E-state index in [1.165, 1.54) is 74.6 Å². The standard InChI is InChI=1S/C25H25I/c1-2-3-4-5-8-18-13-16-23-22-10-7-6-9-20(22)17-24(23)25(18)19-11-14-21(26)15-12-19/h6-7,9-16H,2-5,8,17H2,1H3. The van der Waals surface area contributed by atoms with Gasteiger partial charge < -0.3 is 0 Å². The molecule has 0 unspecified atom stereocenters. The van der Waals surface area contributed by atoms with E-state index in [-0.39, 0.29) is 0 Å². The van der Waals surface area contributed by atoms with E-state index in [0.717, 1.165) is 6.42 Å². The molecule has 1 aliphatic rings. The molecule has 0 bridgehead atoms. The second-order valence-electron chi connectivity index (χ2n) is 7.28. The van der Waals surface area contributed by atoms with E-state index in [1.54, 1.807) is 0 Å². The van der Waals surface area contributed by atoms with Gasteiger partial charge in [0, 0.05) is 3.57 Å². The van der Waals surface area contributed by atoms with Crippen molar-refractivity contribution in [3.05, 3.63) is 80.9 Å². The summed E-state index contributed by atoms with van der Waals surface area (Å²) in [6, 6.07) is 22.7. The molecule has 0 saturated carbocycles. The molecule has 0 saturated heterocycles. The van der Waals surface area contributed by atoms with Gasteiger partial charge in [-0.05, 0) is 92.9 Å². The highest BCUT2D eigenvalue weighted by Crippen LogP contribution is 2.43. The third-order valence-electron chi connectivity index (χ3n) is 5.51. The Labute approximate surface area is 170 Å². The van der Waals surface area contributed by atoms with Crippen LogP contribution >= 0.6 is 22.6 Å². The first-order valence-corrected chi connectivity index (χ1v) is 10.8. The van der Waals surface area contributed by atoms with Crippen molar-refractivity contribution in [2.45, 2.75) is 45.4 Å². The Morgan fingerprint density at radius 2 is 1.62 bits per heavy atom. The molecule has 0 fully saturated rings. The van der Waals surface area contributed by atoms with Crippen LogP contribution in [-0.2, 0) is 12.8 Å². The number of hydrogen-bond donors (Lipinski definition) is 0. The molecular formula is C25H25I. The van der Waals surface area contributed by atoms with E-state index in [9.17, 15) is 0 Å². The van der Waals surface area contributed by atoms with Gasteiger partial charge in [-0.3, -0.25) is 0 Å². The lowest BCUT2D eigenvalue weighted by Crippen LogP contribution is -1.97. The molecular weight excluding hydrogens is 427 g/mol. The summed E-state index contributed by atoms with van der Waals surface area (Å²) >= 11 is 2.39. The number of rotatable bonds is 6. The maximum absolute atomic E-state index is 2.39. The van der Waals surface area contributed by atoms with Crippen LogP contribution in [0, 0.1) is 3.57 Å². The van der Waals surface area contributed by atoms with Crippen molar-refractivity contribution < 1.29 is 0 Å². The molecule has 26 heavy (non-hydrogen) atoms. The molecule has 0 aromatic heterocycles. The van der Waals surface area contributed by atoms with Crippen LogP contribution in [0.3, 0.4) is 0 Å². The summed E-state index contributed by atoms with van der Waals surface area (Å²) in [5.41, 5.74) is 10.2. The summed E-state index contributed by atoms with van der Waals surface area (Å²) in [5.74, 6) is 0. The Hall–Kier alpha value is -1.61. The lowest BCUT2D eigenvalue weighted by Gasteiger charge is -2.16. The highest BCUT2D eigenvalue weighted by molar-refractivity contribution is 14.1. The van der Waals surface area contributed by atoms with Gasteiger partial charge in [0.1, 0.15) is 0 Å². The minimum atomic E-state index is 1.07. The van der Waals surface area contributed by atoms with Gasteiger partial charge in [-0.1, -0.05) is 74.7 Å². The fourth-order valence-corrected chi connectivity index (χ4v) is 4.55. The summed E-state index contributed by atoms with van der Waals surface area (Å²) < 4.78 is 1.30.